The minimum Gasteiger partial charge on any atom is -0.311 e. The first-order valence-corrected chi connectivity index (χ1v) is 7.17. The van der Waals surface area contributed by atoms with Crippen LogP contribution in [0.3, 0.4) is 0 Å². The molecule has 0 saturated carbocycles. The topological polar surface area (TPSA) is 48.5 Å². The molecule has 0 unspecified atom stereocenters. The van der Waals surface area contributed by atoms with E-state index in [1.807, 2.05) is 36.0 Å². The number of fused-ring (bicyclic) bond motifs is 1. The molecule has 0 aromatic carbocycles. The van der Waals surface area contributed by atoms with Gasteiger partial charge in [0.25, 0.3) is 0 Å². The third-order valence-electron chi connectivity index (χ3n) is 3.24. The molecule has 0 fully saturated rings. The van der Waals surface area contributed by atoms with E-state index in [2.05, 4.69) is 19.6 Å². The predicted octanol–water partition coefficient (Wildman–Crippen LogP) is 2.42. The zero-order valence-electron chi connectivity index (χ0n) is 11.3. The maximum atomic E-state index is 5.88. The summed E-state index contributed by atoms with van der Waals surface area (Å²) < 4.78 is 4.05. The van der Waals surface area contributed by atoms with Crippen molar-refractivity contribution in [3.05, 3.63) is 42.1 Å². The minimum atomic E-state index is 0.560. The molecule has 0 amide bonds. The molecule has 3 heterocycles. The van der Waals surface area contributed by atoms with Gasteiger partial charge in [0, 0.05) is 36.9 Å². The van der Waals surface area contributed by atoms with Crippen LogP contribution < -0.4 is 0 Å². The van der Waals surface area contributed by atoms with Crippen LogP contribution >= 0.6 is 11.6 Å². The zero-order valence-corrected chi connectivity index (χ0v) is 12.1. The molecule has 0 spiro atoms. The van der Waals surface area contributed by atoms with Crippen LogP contribution in [0.2, 0.25) is 0 Å². The fraction of sp³-hybridized carbons (Fsp3) is 0.357. The molecule has 104 valence electrons. The molecule has 0 radical (unpaired) electrons. The number of nitrogens with zero attached hydrogens (tertiary/aromatic N) is 5. The van der Waals surface area contributed by atoms with Crippen molar-refractivity contribution < 1.29 is 0 Å². The van der Waals surface area contributed by atoms with Crippen molar-refractivity contribution in [3.63, 3.8) is 0 Å². The van der Waals surface area contributed by atoms with Crippen molar-refractivity contribution >= 4 is 22.8 Å². The summed E-state index contributed by atoms with van der Waals surface area (Å²) in [4.78, 5) is 9.24. The molecule has 20 heavy (non-hydrogen) atoms. The minimum absolute atomic E-state index is 0.560. The van der Waals surface area contributed by atoms with Gasteiger partial charge >= 0.3 is 0 Å². The second kappa shape index (κ2) is 5.63. The highest BCUT2D eigenvalue weighted by molar-refractivity contribution is 6.17. The van der Waals surface area contributed by atoms with Crippen LogP contribution in [0.5, 0.6) is 0 Å². The van der Waals surface area contributed by atoms with Gasteiger partial charge in [-0.05, 0) is 25.1 Å². The van der Waals surface area contributed by atoms with Gasteiger partial charge in [-0.3, -0.25) is 4.68 Å². The number of hydrogen-bond acceptors (Lipinski definition) is 3. The fourth-order valence-corrected chi connectivity index (χ4v) is 2.46. The molecule has 3 aromatic rings. The van der Waals surface area contributed by atoms with Gasteiger partial charge < -0.3 is 4.57 Å². The van der Waals surface area contributed by atoms with Gasteiger partial charge in [0.1, 0.15) is 11.3 Å². The highest BCUT2D eigenvalue weighted by Crippen LogP contribution is 2.16. The van der Waals surface area contributed by atoms with Crippen LogP contribution in [0.25, 0.3) is 11.2 Å². The summed E-state index contributed by atoms with van der Waals surface area (Å²) >= 11 is 5.88. The average molecular weight is 290 g/mol. The van der Waals surface area contributed by atoms with Crippen LogP contribution in [-0.2, 0) is 19.5 Å². The Morgan fingerprint density at radius 2 is 2.10 bits per heavy atom. The Labute approximate surface area is 122 Å². The Kier molecular flexibility index (Phi) is 3.69. The first-order valence-electron chi connectivity index (χ1n) is 6.64. The second-order valence-electron chi connectivity index (χ2n) is 4.68. The highest BCUT2D eigenvalue weighted by atomic mass is 35.5. The number of aryl methyl sites for hydroxylation is 4. The molecular formula is C14H16ClN5. The van der Waals surface area contributed by atoms with E-state index in [1.54, 1.807) is 6.20 Å². The van der Waals surface area contributed by atoms with Crippen molar-refractivity contribution in [2.24, 2.45) is 0 Å². The summed E-state index contributed by atoms with van der Waals surface area (Å²) in [7, 11) is 0. The number of alkyl halides is 1. The highest BCUT2D eigenvalue weighted by Gasteiger charge is 2.11. The maximum absolute atomic E-state index is 5.88. The van der Waals surface area contributed by atoms with Gasteiger partial charge in [-0.2, -0.15) is 5.10 Å². The van der Waals surface area contributed by atoms with Gasteiger partial charge in [0.15, 0.2) is 5.65 Å². The molecule has 6 heteroatoms. The van der Waals surface area contributed by atoms with Crippen molar-refractivity contribution in [3.8, 4) is 0 Å². The number of halogens is 1. The predicted molar refractivity (Wildman–Crippen MR) is 78.9 cm³/mol. The van der Waals surface area contributed by atoms with Crippen molar-refractivity contribution in [1.29, 1.82) is 0 Å². The van der Waals surface area contributed by atoms with Crippen LogP contribution in [0.1, 0.15) is 11.5 Å². The van der Waals surface area contributed by atoms with Gasteiger partial charge in [-0.1, -0.05) is 0 Å². The van der Waals surface area contributed by atoms with Crippen LogP contribution in [0.15, 0.2) is 30.6 Å². The first-order chi connectivity index (χ1) is 9.78. The molecule has 0 aliphatic heterocycles. The van der Waals surface area contributed by atoms with E-state index < -0.39 is 0 Å². The second-order valence-corrected chi connectivity index (χ2v) is 5.06. The molecular weight excluding hydrogens is 274 g/mol. The maximum Gasteiger partial charge on any atom is 0.160 e. The van der Waals surface area contributed by atoms with Crippen molar-refractivity contribution in [1.82, 2.24) is 24.3 Å². The lowest BCUT2D eigenvalue weighted by molar-refractivity contribution is 0.528. The lowest BCUT2D eigenvalue weighted by Crippen LogP contribution is -2.11. The number of imidazole rings is 1. The largest absolute Gasteiger partial charge is 0.311 e. The standard InChI is InChI=1S/C14H16ClN5/c1-11-3-4-12-14(17-11)20(13(18-12)5-6-15)10-9-19-8-2-7-16-19/h2-4,7-8H,5-6,9-10H2,1H3. The number of aromatic nitrogens is 5. The van der Waals surface area contributed by atoms with Gasteiger partial charge in [0.2, 0.25) is 0 Å². The van der Waals surface area contributed by atoms with E-state index in [9.17, 15) is 0 Å². The smallest absolute Gasteiger partial charge is 0.160 e. The number of rotatable bonds is 5. The quantitative estimate of drug-likeness (QED) is 0.678. The summed E-state index contributed by atoms with van der Waals surface area (Å²) in [5.74, 6) is 1.55. The summed E-state index contributed by atoms with van der Waals surface area (Å²) in [5, 5.41) is 4.23. The van der Waals surface area contributed by atoms with E-state index in [0.717, 1.165) is 42.2 Å². The van der Waals surface area contributed by atoms with E-state index in [4.69, 9.17) is 11.6 Å². The third kappa shape index (κ3) is 2.54. The summed E-state index contributed by atoms with van der Waals surface area (Å²) in [5.41, 5.74) is 2.85. The Morgan fingerprint density at radius 1 is 1.20 bits per heavy atom. The molecule has 3 aromatic heterocycles. The molecule has 0 atom stereocenters. The van der Waals surface area contributed by atoms with Crippen molar-refractivity contribution in [2.45, 2.75) is 26.4 Å². The van der Waals surface area contributed by atoms with Crippen molar-refractivity contribution in [2.75, 3.05) is 5.88 Å². The zero-order chi connectivity index (χ0) is 13.9. The molecule has 0 aliphatic carbocycles. The lowest BCUT2D eigenvalue weighted by Gasteiger charge is -2.08. The Balaban J connectivity index is 1.96. The monoisotopic (exact) mass is 289 g/mol. The van der Waals surface area contributed by atoms with E-state index in [-0.39, 0.29) is 0 Å². The van der Waals surface area contributed by atoms with E-state index in [0.29, 0.717) is 5.88 Å². The van der Waals surface area contributed by atoms with E-state index >= 15 is 0 Å². The van der Waals surface area contributed by atoms with Crippen LogP contribution in [0.4, 0.5) is 0 Å². The van der Waals surface area contributed by atoms with Gasteiger partial charge in [-0.15, -0.1) is 11.6 Å². The summed E-state index contributed by atoms with van der Waals surface area (Å²) in [6, 6.07) is 5.92. The molecule has 0 saturated heterocycles. The van der Waals surface area contributed by atoms with Gasteiger partial charge in [0.05, 0.1) is 6.54 Å². The third-order valence-corrected chi connectivity index (χ3v) is 3.43. The SMILES string of the molecule is Cc1ccc2nc(CCCl)n(CCn3cccn3)c2n1. The Morgan fingerprint density at radius 3 is 2.85 bits per heavy atom. The number of hydrogen-bond donors (Lipinski definition) is 0. The Hall–Kier alpha value is -1.88. The Bertz CT molecular complexity index is 702. The van der Waals surface area contributed by atoms with Gasteiger partial charge in [-0.25, -0.2) is 9.97 Å². The first kappa shape index (κ1) is 13.1. The van der Waals surface area contributed by atoms with E-state index in [1.165, 1.54) is 0 Å². The fourth-order valence-electron chi connectivity index (χ4n) is 2.29. The van der Waals surface area contributed by atoms with Crippen LogP contribution in [0, 0.1) is 6.92 Å². The molecule has 0 aliphatic rings. The molecule has 0 N–H and O–H groups in total. The lowest BCUT2D eigenvalue weighted by atomic mass is 10.3. The average Bonchev–Trinajstić information content (AvgIpc) is 3.04. The summed E-state index contributed by atoms with van der Waals surface area (Å²) in [6.45, 7) is 3.58. The molecule has 5 nitrogen and oxygen atoms in total. The van der Waals surface area contributed by atoms with Crippen LogP contribution in [-0.4, -0.2) is 30.2 Å². The number of pyridine rings is 1. The normalized spacial score (nSPS) is 11.3. The molecule has 3 rings (SSSR count). The summed E-state index contributed by atoms with van der Waals surface area (Å²) in [6.07, 6.45) is 4.49. The molecule has 0 bridgehead atoms.